The Kier molecular flexibility index (Phi) is 9.17. The number of likely N-dealkylation sites (tertiary alicyclic amines) is 1. The number of aromatic nitrogens is 1. The summed E-state index contributed by atoms with van der Waals surface area (Å²) in [6.07, 6.45) is 4.19. The lowest BCUT2D eigenvalue weighted by Crippen LogP contribution is -2.70. The van der Waals surface area contributed by atoms with Gasteiger partial charge in [0.1, 0.15) is 22.7 Å². The van der Waals surface area contributed by atoms with Gasteiger partial charge in [0, 0.05) is 36.8 Å². The summed E-state index contributed by atoms with van der Waals surface area (Å²) in [4.78, 5) is 61.2. The molecule has 3 aliphatic rings. The van der Waals surface area contributed by atoms with Crippen molar-refractivity contribution in [2.24, 2.45) is 0 Å². The first-order valence-electron chi connectivity index (χ1n) is 15.5. The number of β-lactam (4-membered cyclic amide) rings is 1. The zero-order chi connectivity index (χ0) is 33.1. The molecule has 4 heterocycles. The number of hydrogen-bond acceptors (Lipinski definition) is 8. The average Bonchev–Trinajstić information content (AvgIpc) is 3.40. The van der Waals surface area contributed by atoms with Crippen molar-refractivity contribution < 1.29 is 28.7 Å². The van der Waals surface area contributed by atoms with Crippen molar-refractivity contribution in [3.63, 3.8) is 0 Å². The van der Waals surface area contributed by atoms with E-state index in [0.717, 1.165) is 16.7 Å². The number of rotatable bonds is 8. The molecule has 242 valence electrons. The molecule has 0 spiro atoms. The van der Waals surface area contributed by atoms with Gasteiger partial charge >= 0.3 is 12.1 Å². The van der Waals surface area contributed by atoms with Crippen LogP contribution in [0.5, 0.6) is 0 Å². The van der Waals surface area contributed by atoms with E-state index in [-0.39, 0.29) is 11.6 Å². The lowest BCUT2D eigenvalue weighted by atomic mass is 10.00. The number of carbonyl (C=O) groups is 4. The molecular formula is C36H36N4O6S. The maximum Gasteiger partial charge on any atom is 0.408 e. The molecule has 0 unspecified atom stereocenters. The molecule has 0 radical (unpaired) electrons. The van der Waals surface area contributed by atoms with Crippen molar-refractivity contribution >= 4 is 35.6 Å². The monoisotopic (exact) mass is 652 g/mol. The van der Waals surface area contributed by atoms with Crippen LogP contribution in [0.25, 0.3) is 0 Å². The second-order valence-corrected chi connectivity index (χ2v) is 13.6. The summed E-state index contributed by atoms with van der Waals surface area (Å²) in [5.74, 6) is -0.956. The highest BCUT2D eigenvalue weighted by Gasteiger charge is 2.55. The van der Waals surface area contributed by atoms with Gasteiger partial charge in [-0.1, -0.05) is 66.7 Å². The summed E-state index contributed by atoms with van der Waals surface area (Å²) >= 11 is 1.41. The molecule has 11 heteroatoms. The number of ether oxygens (including phenoxy) is 2. The highest BCUT2D eigenvalue weighted by Crippen LogP contribution is 2.42. The molecule has 6 rings (SSSR count). The Labute approximate surface area is 277 Å². The molecule has 2 fully saturated rings. The van der Waals surface area contributed by atoms with E-state index in [1.54, 1.807) is 44.1 Å². The normalized spacial score (nSPS) is 20.3. The van der Waals surface area contributed by atoms with Crippen LogP contribution in [0.2, 0.25) is 0 Å². The predicted octanol–water partition coefficient (Wildman–Crippen LogP) is 5.14. The van der Waals surface area contributed by atoms with Gasteiger partial charge in [0.2, 0.25) is 5.91 Å². The topological polar surface area (TPSA) is 118 Å². The fourth-order valence-electron chi connectivity index (χ4n) is 5.80. The van der Waals surface area contributed by atoms with Crippen molar-refractivity contribution in [2.75, 3.05) is 12.3 Å². The number of alkyl carbamates (subject to hydrolysis) is 1. The maximum absolute atomic E-state index is 14.3. The molecule has 2 saturated heterocycles. The van der Waals surface area contributed by atoms with Crippen LogP contribution in [0.15, 0.2) is 108 Å². The first kappa shape index (κ1) is 32.1. The van der Waals surface area contributed by atoms with Crippen LogP contribution in [0.4, 0.5) is 4.79 Å². The van der Waals surface area contributed by atoms with E-state index in [4.69, 9.17) is 9.47 Å². The van der Waals surface area contributed by atoms with Crippen LogP contribution in [-0.2, 0) is 30.4 Å². The summed E-state index contributed by atoms with van der Waals surface area (Å²) in [6, 6.07) is 21.6. The van der Waals surface area contributed by atoms with Crippen LogP contribution in [-0.4, -0.2) is 68.0 Å². The van der Waals surface area contributed by atoms with Gasteiger partial charge in [-0.3, -0.25) is 19.5 Å². The lowest BCUT2D eigenvalue weighted by Gasteiger charge is -2.49. The number of pyridine rings is 1. The van der Waals surface area contributed by atoms with Gasteiger partial charge in [-0.05, 0) is 61.6 Å². The highest BCUT2D eigenvalue weighted by atomic mass is 32.2. The Hall–Kier alpha value is -4.90. The van der Waals surface area contributed by atoms with E-state index in [9.17, 15) is 19.2 Å². The molecule has 3 aromatic rings. The third kappa shape index (κ3) is 7.10. The minimum atomic E-state index is -0.881. The smallest absolute Gasteiger partial charge is 0.408 e. The van der Waals surface area contributed by atoms with Gasteiger partial charge in [-0.15, -0.1) is 11.8 Å². The summed E-state index contributed by atoms with van der Waals surface area (Å²) in [5, 5.41) is 2.12. The Morgan fingerprint density at radius 3 is 2.32 bits per heavy atom. The predicted molar refractivity (Wildman–Crippen MR) is 176 cm³/mol. The summed E-state index contributed by atoms with van der Waals surface area (Å²) in [7, 11) is 0. The molecule has 1 aromatic heterocycles. The van der Waals surface area contributed by atoms with Crippen molar-refractivity contribution in [1.29, 1.82) is 0 Å². The Morgan fingerprint density at radius 1 is 1.02 bits per heavy atom. The fourth-order valence-corrected chi connectivity index (χ4v) is 7.10. The highest BCUT2D eigenvalue weighted by molar-refractivity contribution is 8.00. The Morgan fingerprint density at radius 2 is 1.70 bits per heavy atom. The summed E-state index contributed by atoms with van der Waals surface area (Å²) < 4.78 is 11.6. The van der Waals surface area contributed by atoms with E-state index < -0.39 is 41.1 Å². The first-order chi connectivity index (χ1) is 22.6. The van der Waals surface area contributed by atoms with Crippen LogP contribution >= 0.6 is 11.8 Å². The van der Waals surface area contributed by atoms with Crippen molar-refractivity contribution in [3.05, 3.63) is 125 Å². The molecule has 1 N–H and O–H groups in total. The van der Waals surface area contributed by atoms with Crippen LogP contribution in [0, 0.1) is 0 Å². The number of allylic oxidation sites excluding steroid dienone is 1. The average molecular weight is 653 g/mol. The number of nitrogens with zero attached hydrogens (tertiary/aromatic N) is 3. The molecule has 3 aliphatic heterocycles. The van der Waals surface area contributed by atoms with Crippen molar-refractivity contribution in [2.45, 2.75) is 56.9 Å². The number of benzene rings is 2. The molecular weight excluding hydrogens is 616 g/mol. The van der Waals surface area contributed by atoms with Crippen LogP contribution < -0.4 is 5.32 Å². The van der Waals surface area contributed by atoms with Gasteiger partial charge in [-0.2, -0.15) is 0 Å². The van der Waals surface area contributed by atoms with E-state index in [0.29, 0.717) is 36.4 Å². The second kappa shape index (κ2) is 13.4. The summed E-state index contributed by atoms with van der Waals surface area (Å²) in [6.45, 7) is 6.17. The number of esters is 1. The fraction of sp³-hybridized carbons (Fsp3) is 0.306. The molecule has 3 amide bonds. The zero-order valence-electron chi connectivity index (χ0n) is 26.4. The van der Waals surface area contributed by atoms with E-state index >= 15 is 0 Å². The lowest BCUT2D eigenvalue weighted by molar-refractivity contribution is -0.153. The molecule has 0 saturated carbocycles. The molecule has 47 heavy (non-hydrogen) atoms. The minimum Gasteiger partial charge on any atom is -0.448 e. The Bertz CT molecular complexity index is 1680. The van der Waals surface area contributed by atoms with Gasteiger partial charge < -0.3 is 19.7 Å². The number of amides is 3. The first-order valence-corrected chi connectivity index (χ1v) is 16.5. The quantitative estimate of drug-likeness (QED) is 0.202. The largest absolute Gasteiger partial charge is 0.448 e. The molecule has 10 nitrogen and oxygen atoms in total. The van der Waals surface area contributed by atoms with E-state index in [2.05, 4.69) is 10.3 Å². The van der Waals surface area contributed by atoms with E-state index in [1.807, 2.05) is 72.8 Å². The number of carbonyl (C=O) groups excluding carboxylic acids is 4. The third-order valence-corrected chi connectivity index (χ3v) is 9.25. The number of fused-ring (bicyclic) bond motifs is 1. The SMILES string of the molecule is CC(C)(C)OC(=O)N[C@@H]1C(=O)N2C(C(=O)OC(c3ccccc3)c3ccccc3)=C(/C=C3\CCN(Cc4cccnc4)C3=O)CS[C@H]12. The number of thioether (sulfide) groups is 1. The summed E-state index contributed by atoms with van der Waals surface area (Å²) in [5.41, 5.74) is 2.86. The number of nitrogens with one attached hydrogen (secondary N) is 1. The van der Waals surface area contributed by atoms with Crippen molar-refractivity contribution in [1.82, 2.24) is 20.1 Å². The standard InChI is InChI=1S/C36H36N4O6S/c1-36(2,3)46-35(44)38-28-32(42)40-29(34(43)45-30(24-12-6-4-7-13-24)25-14-8-5-9-15-25)27(22-47-33(28)40)19-26-16-18-39(31(26)41)21-23-11-10-17-37-20-23/h4-15,17,19-20,28,30,33H,16,18,21-22H2,1-3H3,(H,38,44)/b26-19+/t28-,33-/m1/s1. The zero-order valence-corrected chi connectivity index (χ0v) is 27.2. The maximum atomic E-state index is 14.3. The molecule has 0 bridgehead atoms. The van der Waals surface area contributed by atoms with Crippen LogP contribution in [0.1, 0.15) is 50.0 Å². The third-order valence-electron chi connectivity index (χ3n) is 7.95. The number of hydrogen-bond donors (Lipinski definition) is 1. The minimum absolute atomic E-state index is 0.0730. The molecule has 0 aliphatic carbocycles. The van der Waals surface area contributed by atoms with E-state index in [1.165, 1.54) is 16.7 Å². The van der Waals surface area contributed by atoms with Gasteiger partial charge in [0.15, 0.2) is 6.10 Å². The van der Waals surface area contributed by atoms with Crippen LogP contribution in [0.3, 0.4) is 0 Å². The molecule has 2 aromatic carbocycles. The van der Waals surface area contributed by atoms with Gasteiger partial charge in [0.05, 0.1) is 0 Å². The van der Waals surface area contributed by atoms with Crippen molar-refractivity contribution in [3.8, 4) is 0 Å². The second-order valence-electron chi connectivity index (χ2n) is 12.5. The molecule has 2 atom stereocenters. The Balaban J connectivity index is 1.32. The van der Waals surface area contributed by atoms with Gasteiger partial charge in [-0.25, -0.2) is 9.59 Å². The van der Waals surface area contributed by atoms with Gasteiger partial charge in [0.25, 0.3) is 5.91 Å².